The van der Waals surface area contributed by atoms with Crippen molar-refractivity contribution in [3.63, 3.8) is 0 Å². The number of benzene rings is 2. The van der Waals surface area contributed by atoms with Crippen LogP contribution in [0.1, 0.15) is 21.7 Å². The zero-order valence-electron chi connectivity index (χ0n) is 16.8. The van der Waals surface area contributed by atoms with E-state index in [1.807, 2.05) is 11.0 Å². The van der Waals surface area contributed by atoms with E-state index in [-0.39, 0.29) is 5.52 Å². The zero-order chi connectivity index (χ0) is 22.4. The van der Waals surface area contributed by atoms with Gasteiger partial charge in [-0.25, -0.2) is 19.2 Å². The molecule has 0 fully saturated rings. The maximum Gasteiger partial charge on any atom is 0.356 e. The minimum absolute atomic E-state index is 0.199. The monoisotopic (exact) mass is 471 g/mol. The van der Waals surface area contributed by atoms with Gasteiger partial charge in [0.25, 0.3) is 0 Å². The van der Waals surface area contributed by atoms with Gasteiger partial charge in [0, 0.05) is 25.1 Å². The molecule has 162 valence electrons. The molecule has 5 rings (SSSR count). The first-order chi connectivity index (χ1) is 15.5. The molecule has 0 saturated carbocycles. The summed E-state index contributed by atoms with van der Waals surface area (Å²) in [5.74, 6) is -0.391. The van der Waals surface area contributed by atoms with E-state index < -0.39 is 11.8 Å². The summed E-state index contributed by atoms with van der Waals surface area (Å²) in [7, 11) is 1.32. The van der Waals surface area contributed by atoms with E-state index in [1.165, 1.54) is 19.5 Å². The number of anilines is 1. The molecule has 32 heavy (non-hydrogen) atoms. The highest BCUT2D eigenvalue weighted by Gasteiger charge is 2.28. The number of esters is 1. The van der Waals surface area contributed by atoms with Crippen LogP contribution < -0.4 is 4.90 Å². The molecule has 1 N–H and O–H groups in total. The fourth-order valence-electron chi connectivity index (χ4n) is 4.01. The molecule has 0 saturated heterocycles. The van der Waals surface area contributed by atoms with E-state index in [9.17, 15) is 9.18 Å². The molecule has 4 aromatic rings. The SMILES string of the molecule is COC(=O)c1[nH]nc2c1CN(c1ncnc3c(F)ccc(-c4ccc(Cl)c(Cl)c4)c13)CC2. The summed E-state index contributed by atoms with van der Waals surface area (Å²) in [5, 5.41) is 8.38. The van der Waals surface area contributed by atoms with Gasteiger partial charge in [-0.2, -0.15) is 5.10 Å². The molecule has 1 aliphatic rings. The van der Waals surface area contributed by atoms with E-state index in [0.29, 0.717) is 46.5 Å². The van der Waals surface area contributed by atoms with E-state index >= 15 is 0 Å². The van der Waals surface area contributed by atoms with Crippen LogP contribution in [0.25, 0.3) is 22.0 Å². The molecule has 1 aliphatic heterocycles. The number of hydrogen-bond donors (Lipinski definition) is 1. The first-order valence-electron chi connectivity index (χ1n) is 9.76. The Balaban J connectivity index is 1.67. The molecule has 3 heterocycles. The van der Waals surface area contributed by atoms with Gasteiger partial charge in [0.2, 0.25) is 0 Å². The molecule has 2 aromatic heterocycles. The molecule has 0 spiro atoms. The average molecular weight is 472 g/mol. The highest BCUT2D eigenvalue weighted by atomic mass is 35.5. The molecular weight excluding hydrogens is 456 g/mol. The molecule has 0 atom stereocenters. The first kappa shape index (κ1) is 20.7. The van der Waals surface area contributed by atoms with Crippen LogP contribution in [0.4, 0.5) is 10.2 Å². The van der Waals surface area contributed by atoms with Gasteiger partial charge in [0.15, 0.2) is 0 Å². The number of aromatic nitrogens is 4. The smallest absolute Gasteiger partial charge is 0.356 e. The molecule has 7 nitrogen and oxygen atoms in total. The maximum atomic E-state index is 14.7. The standard InChI is InChI=1S/C22H16Cl2FN5O2/c1-32-22(31)19-13-9-30(7-6-17(13)28-29-19)21-18-12(11-2-4-14(23)15(24)8-11)3-5-16(25)20(18)26-10-27-21/h2-5,8,10H,6-7,9H2,1H3,(H,28,29). The third-order valence-corrected chi connectivity index (χ3v) is 6.30. The maximum absolute atomic E-state index is 14.7. The number of carbonyl (C=O) groups is 1. The summed E-state index contributed by atoms with van der Waals surface area (Å²) >= 11 is 12.3. The van der Waals surface area contributed by atoms with Gasteiger partial charge >= 0.3 is 5.97 Å². The van der Waals surface area contributed by atoms with Crippen molar-refractivity contribution >= 4 is 45.9 Å². The fraction of sp³-hybridized carbons (Fsp3) is 0.182. The Kier molecular flexibility index (Phi) is 5.19. The molecule has 0 radical (unpaired) electrons. The summed E-state index contributed by atoms with van der Waals surface area (Å²) in [6.07, 6.45) is 1.93. The predicted molar refractivity (Wildman–Crippen MR) is 120 cm³/mol. The van der Waals surface area contributed by atoms with Crippen molar-refractivity contribution in [2.24, 2.45) is 0 Å². The van der Waals surface area contributed by atoms with Gasteiger partial charge in [0.05, 0.1) is 28.2 Å². The predicted octanol–water partition coefficient (Wildman–Crippen LogP) is 4.82. The van der Waals surface area contributed by atoms with E-state index in [4.69, 9.17) is 27.9 Å². The Bertz CT molecular complexity index is 1370. The van der Waals surface area contributed by atoms with Crippen LogP contribution in [0.15, 0.2) is 36.7 Å². The molecule has 0 aliphatic carbocycles. The number of nitrogens with zero attached hydrogens (tertiary/aromatic N) is 4. The molecule has 0 amide bonds. The summed E-state index contributed by atoms with van der Waals surface area (Å²) in [6.45, 7) is 0.946. The Labute approximate surface area is 192 Å². The molecular formula is C22H16Cl2FN5O2. The minimum atomic E-state index is -0.490. The lowest BCUT2D eigenvalue weighted by molar-refractivity contribution is 0.0592. The summed E-state index contributed by atoms with van der Waals surface area (Å²) in [5.41, 5.74) is 3.53. The van der Waals surface area contributed by atoms with Crippen molar-refractivity contribution < 1.29 is 13.9 Å². The van der Waals surface area contributed by atoms with Gasteiger partial charge < -0.3 is 9.64 Å². The number of fused-ring (bicyclic) bond motifs is 2. The third-order valence-electron chi connectivity index (χ3n) is 5.56. The summed E-state index contributed by atoms with van der Waals surface area (Å²) in [6, 6.07) is 8.29. The Morgan fingerprint density at radius 3 is 2.81 bits per heavy atom. The highest BCUT2D eigenvalue weighted by Crippen LogP contribution is 2.38. The van der Waals surface area contributed by atoms with Crippen molar-refractivity contribution in [1.29, 1.82) is 0 Å². The number of carbonyl (C=O) groups excluding carboxylic acids is 1. The quantitative estimate of drug-likeness (QED) is 0.431. The van der Waals surface area contributed by atoms with Crippen molar-refractivity contribution in [3.05, 3.63) is 69.5 Å². The van der Waals surface area contributed by atoms with Crippen LogP contribution in [0.2, 0.25) is 10.0 Å². The average Bonchev–Trinajstić information content (AvgIpc) is 3.24. The third kappa shape index (κ3) is 3.36. The minimum Gasteiger partial charge on any atom is -0.464 e. The second-order valence-corrected chi connectivity index (χ2v) is 8.15. The van der Waals surface area contributed by atoms with Crippen LogP contribution in [0, 0.1) is 5.82 Å². The number of rotatable bonds is 3. The molecule has 0 bridgehead atoms. The highest BCUT2D eigenvalue weighted by molar-refractivity contribution is 6.42. The first-order valence-corrected chi connectivity index (χ1v) is 10.5. The molecule has 0 unspecified atom stereocenters. The number of aromatic amines is 1. The number of ether oxygens (including phenoxy) is 1. The Morgan fingerprint density at radius 1 is 1.19 bits per heavy atom. The van der Waals surface area contributed by atoms with Gasteiger partial charge in [0.1, 0.15) is 29.2 Å². The number of nitrogens with one attached hydrogen (secondary N) is 1. The van der Waals surface area contributed by atoms with Gasteiger partial charge in [-0.05, 0) is 29.3 Å². The van der Waals surface area contributed by atoms with Crippen LogP contribution in [0.3, 0.4) is 0 Å². The van der Waals surface area contributed by atoms with E-state index in [2.05, 4.69) is 20.2 Å². The van der Waals surface area contributed by atoms with Gasteiger partial charge in [-0.1, -0.05) is 35.3 Å². The lowest BCUT2D eigenvalue weighted by Crippen LogP contribution is -2.32. The van der Waals surface area contributed by atoms with Crippen LogP contribution in [0.5, 0.6) is 0 Å². The van der Waals surface area contributed by atoms with Crippen molar-refractivity contribution in [2.45, 2.75) is 13.0 Å². The number of H-pyrrole nitrogens is 1. The normalized spacial score (nSPS) is 13.3. The van der Waals surface area contributed by atoms with Crippen LogP contribution in [-0.4, -0.2) is 39.8 Å². The van der Waals surface area contributed by atoms with E-state index in [0.717, 1.165) is 22.4 Å². The topological polar surface area (TPSA) is 84.0 Å². The fourth-order valence-corrected chi connectivity index (χ4v) is 4.31. The summed E-state index contributed by atoms with van der Waals surface area (Å²) in [4.78, 5) is 22.8. The Morgan fingerprint density at radius 2 is 2.03 bits per heavy atom. The van der Waals surface area contributed by atoms with Crippen molar-refractivity contribution in [1.82, 2.24) is 20.2 Å². The van der Waals surface area contributed by atoms with Gasteiger partial charge in [-0.15, -0.1) is 0 Å². The molecule has 2 aromatic carbocycles. The number of methoxy groups -OCH3 is 1. The lowest BCUT2D eigenvalue weighted by atomic mass is 9.99. The van der Waals surface area contributed by atoms with Crippen LogP contribution >= 0.6 is 23.2 Å². The zero-order valence-corrected chi connectivity index (χ0v) is 18.3. The second kappa shape index (κ2) is 8.03. The number of halogens is 3. The second-order valence-electron chi connectivity index (χ2n) is 7.33. The van der Waals surface area contributed by atoms with Gasteiger partial charge in [-0.3, -0.25) is 5.10 Å². The molecule has 10 heteroatoms. The van der Waals surface area contributed by atoms with E-state index in [1.54, 1.807) is 18.2 Å². The van der Waals surface area contributed by atoms with Crippen molar-refractivity contribution in [3.8, 4) is 11.1 Å². The summed E-state index contributed by atoms with van der Waals surface area (Å²) < 4.78 is 19.6. The van der Waals surface area contributed by atoms with Crippen molar-refractivity contribution in [2.75, 3.05) is 18.6 Å². The largest absolute Gasteiger partial charge is 0.464 e. The number of hydrogen-bond acceptors (Lipinski definition) is 6. The lowest BCUT2D eigenvalue weighted by Gasteiger charge is -2.29. The Hall–Kier alpha value is -3.23. The van der Waals surface area contributed by atoms with Crippen LogP contribution in [-0.2, 0) is 17.7 Å².